The molecule has 0 unspecified atom stereocenters. The number of rotatable bonds is 3. The number of aryl methyl sites for hydroxylation is 2. The van der Waals surface area contributed by atoms with Crippen LogP contribution in [0, 0.1) is 0 Å². The van der Waals surface area contributed by atoms with Crippen molar-refractivity contribution < 1.29 is 9.47 Å². The van der Waals surface area contributed by atoms with Gasteiger partial charge in [-0.15, -0.1) is 11.3 Å². The van der Waals surface area contributed by atoms with Crippen LogP contribution in [0.5, 0.6) is 11.5 Å². The highest BCUT2D eigenvalue weighted by molar-refractivity contribution is 7.13. The van der Waals surface area contributed by atoms with E-state index in [1.54, 1.807) is 17.5 Å². The second kappa shape index (κ2) is 6.08. The summed E-state index contributed by atoms with van der Waals surface area (Å²) in [6, 6.07) is 10.8. The van der Waals surface area contributed by atoms with Crippen LogP contribution in [-0.4, -0.2) is 11.8 Å². The van der Waals surface area contributed by atoms with Gasteiger partial charge in [-0.1, -0.05) is 18.2 Å². The molecule has 1 aromatic heterocycles. The molecule has 5 heteroatoms. The number of anilines is 2. The molecule has 1 aliphatic heterocycles. The first-order valence-corrected chi connectivity index (χ1v) is 9.48. The summed E-state index contributed by atoms with van der Waals surface area (Å²) in [7, 11) is 0. The lowest BCUT2D eigenvalue weighted by Crippen LogP contribution is -2.03. The van der Waals surface area contributed by atoms with Crippen LogP contribution in [0.25, 0.3) is 11.1 Å². The number of fused-ring (bicyclic) bond motifs is 2. The van der Waals surface area contributed by atoms with Gasteiger partial charge in [-0.05, 0) is 54.5 Å². The van der Waals surface area contributed by atoms with Gasteiger partial charge < -0.3 is 14.8 Å². The highest BCUT2D eigenvalue weighted by Crippen LogP contribution is 2.47. The van der Waals surface area contributed by atoms with E-state index in [1.807, 2.05) is 17.5 Å². The van der Waals surface area contributed by atoms with Gasteiger partial charge in [-0.2, -0.15) is 0 Å². The van der Waals surface area contributed by atoms with Gasteiger partial charge in [0.1, 0.15) is 0 Å². The fraction of sp³-hybridized carbons (Fsp3) is 0.250. The first-order chi connectivity index (χ1) is 12.4. The molecule has 25 heavy (non-hydrogen) atoms. The molecule has 3 aromatic rings. The monoisotopic (exact) mass is 350 g/mol. The van der Waals surface area contributed by atoms with E-state index in [2.05, 4.69) is 28.5 Å². The second-order valence-electron chi connectivity index (χ2n) is 6.37. The normalized spacial score (nSPS) is 15.0. The quantitative estimate of drug-likeness (QED) is 0.708. The summed E-state index contributed by atoms with van der Waals surface area (Å²) in [5.41, 5.74) is 6.16. The van der Waals surface area contributed by atoms with Crippen LogP contribution in [0.2, 0.25) is 0 Å². The average Bonchev–Trinajstić information content (AvgIpc) is 3.33. The number of ether oxygens (including phenoxy) is 2. The molecule has 2 aromatic carbocycles. The third kappa shape index (κ3) is 2.65. The number of thiazole rings is 1. The molecular formula is C20H18N2O2S. The second-order valence-corrected chi connectivity index (χ2v) is 7.27. The molecule has 0 radical (unpaired) electrons. The number of nitrogens with zero attached hydrogens (tertiary/aromatic N) is 1. The third-order valence-corrected chi connectivity index (χ3v) is 5.54. The van der Waals surface area contributed by atoms with Crippen molar-refractivity contribution >= 4 is 22.2 Å². The molecule has 0 atom stereocenters. The van der Waals surface area contributed by atoms with Crippen molar-refractivity contribution in [2.24, 2.45) is 0 Å². The molecule has 0 amide bonds. The Morgan fingerprint density at radius 3 is 2.80 bits per heavy atom. The van der Waals surface area contributed by atoms with Crippen molar-refractivity contribution in [3.63, 3.8) is 0 Å². The molecule has 1 aliphatic carbocycles. The first-order valence-electron chi connectivity index (χ1n) is 8.60. The van der Waals surface area contributed by atoms with E-state index < -0.39 is 0 Å². The molecule has 0 saturated heterocycles. The van der Waals surface area contributed by atoms with Crippen molar-refractivity contribution in [3.8, 4) is 22.6 Å². The Morgan fingerprint density at radius 1 is 1.00 bits per heavy atom. The van der Waals surface area contributed by atoms with Gasteiger partial charge in [0.2, 0.25) is 6.79 Å². The summed E-state index contributed by atoms with van der Waals surface area (Å²) in [4.78, 5) is 4.35. The van der Waals surface area contributed by atoms with Crippen molar-refractivity contribution in [2.45, 2.75) is 25.7 Å². The topological polar surface area (TPSA) is 43.4 Å². The van der Waals surface area contributed by atoms with E-state index in [-0.39, 0.29) is 6.79 Å². The summed E-state index contributed by atoms with van der Waals surface area (Å²) in [6.07, 6.45) is 6.71. The van der Waals surface area contributed by atoms with E-state index in [0.717, 1.165) is 34.3 Å². The number of aromatic nitrogens is 1. The van der Waals surface area contributed by atoms with Crippen molar-refractivity contribution in [3.05, 3.63) is 53.0 Å². The van der Waals surface area contributed by atoms with Gasteiger partial charge in [0.25, 0.3) is 0 Å². The number of benzene rings is 2. The fourth-order valence-corrected chi connectivity index (χ4v) is 4.19. The molecule has 5 rings (SSSR count). The summed E-state index contributed by atoms with van der Waals surface area (Å²) in [5, 5.41) is 6.27. The molecule has 1 N–H and O–H groups in total. The summed E-state index contributed by atoms with van der Waals surface area (Å²) in [6.45, 7) is 0.272. The Morgan fingerprint density at radius 2 is 1.92 bits per heavy atom. The van der Waals surface area contributed by atoms with Crippen LogP contribution < -0.4 is 14.8 Å². The van der Waals surface area contributed by atoms with Crippen LogP contribution in [0.3, 0.4) is 0 Å². The predicted molar refractivity (Wildman–Crippen MR) is 100 cm³/mol. The largest absolute Gasteiger partial charge is 0.454 e. The Kier molecular flexibility index (Phi) is 3.59. The number of hydrogen-bond acceptors (Lipinski definition) is 5. The molecular weight excluding hydrogens is 332 g/mol. The van der Waals surface area contributed by atoms with Gasteiger partial charge in [0.15, 0.2) is 16.6 Å². The van der Waals surface area contributed by atoms with Gasteiger partial charge in [-0.25, -0.2) is 4.98 Å². The van der Waals surface area contributed by atoms with Crippen molar-refractivity contribution in [2.75, 3.05) is 12.1 Å². The predicted octanol–water partition coefficient (Wildman–Crippen LogP) is 5.16. The van der Waals surface area contributed by atoms with Crippen LogP contribution >= 0.6 is 11.3 Å². The van der Waals surface area contributed by atoms with E-state index in [0.29, 0.717) is 0 Å². The Balaban J connectivity index is 1.65. The van der Waals surface area contributed by atoms with Crippen molar-refractivity contribution in [1.29, 1.82) is 0 Å². The molecule has 0 fully saturated rings. The van der Waals surface area contributed by atoms with E-state index >= 15 is 0 Å². The minimum Gasteiger partial charge on any atom is -0.454 e. The van der Waals surface area contributed by atoms with Crippen LogP contribution in [0.4, 0.5) is 10.8 Å². The van der Waals surface area contributed by atoms with Gasteiger partial charge >= 0.3 is 0 Å². The lowest BCUT2D eigenvalue weighted by Gasteiger charge is -2.19. The minimum absolute atomic E-state index is 0.272. The molecule has 0 saturated carbocycles. The van der Waals surface area contributed by atoms with Gasteiger partial charge in [0.05, 0.1) is 11.3 Å². The average molecular weight is 350 g/mol. The Hall–Kier alpha value is -2.53. The van der Waals surface area contributed by atoms with E-state index in [1.165, 1.54) is 36.0 Å². The lowest BCUT2D eigenvalue weighted by atomic mass is 9.88. The summed E-state index contributed by atoms with van der Waals surface area (Å²) in [5.74, 6) is 1.62. The maximum absolute atomic E-state index is 5.81. The smallest absolute Gasteiger partial charge is 0.231 e. The highest BCUT2D eigenvalue weighted by atomic mass is 32.1. The number of nitrogens with one attached hydrogen (secondary N) is 1. The van der Waals surface area contributed by atoms with Gasteiger partial charge in [-0.3, -0.25) is 0 Å². The highest BCUT2D eigenvalue weighted by Gasteiger charge is 2.23. The molecule has 0 spiro atoms. The van der Waals surface area contributed by atoms with Crippen LogP contribution in [0.1, 0.15) is 24.0 Å². The standard InChI is InChI=1S/C20H18N2O2S/c1-2-4-14-11-15(6-5-13(14)3-1)18-16(22-20-21-9-10-25-20)7-8-17-19(18)24-12-23-17/h5-11H,1-4,12H2,(H,21,22). The zero-order valence-electron chi connectivity index (χ0n) is 13.7. The molecule has 0 bridgehead atoms. The van der Waals surface area contributed by atoms with Crippen LogP contribution in [-0.2, 0) is 12.8 Å². The SMILES string of the molecule is c1csc(Nc2ccc3c(c2-c2ccc4c(c2)CCCC4)OCO3)n1. The van der Waals surface area contributed by atoms with Crippen LogP contribution in [0.15, 0.2) is 41.9 Å². The maximum atomic E-state index is 5.81. The summed E-state index contributed by atoms with van der Waals surface area (Å²) >= 11 is 1.58. The minimum atomic E-state index is 0.272. The third-order valence-electron chi connectivity index (χ3n) is 4.85. The zero-order chi connectivity index (χ0) is 16.6. The summed E-state index contributed by atoms with van der Waals surface area (Å²) < 4.78 is 11.4. The lowest BCUT2D eigenvalue weighted by molar-refractivity contribution is 0.174. The van der Waals surface area contributed by atoms with E-state index in [9.17, 15) is 0 Å². The molecule has 2 aliphatic rings. The fourth-order valence-electron chi connectivity index (χ4n) is 3.65. The van der Waals surface area contributed by atoms with Gasteiger partial charge in [0, 0.05) is 11.6 Å². The molecule has 2 heterocycles. The van der Waals surface area contributed by atoms with Crippen molar-refractivity contribution in [1.82, 2.24) is 4.98 Å². The molecule has 126 valence electrons. The maximum Gasteiger partial charge on any atom is 0.231 e. The first kappa shape index (κ1) is 14.8. The zero-order valence-corrected chi connectivity index (χ0v) is 14.6. The molecule has 4 nitrogen and oxygen atoms in total. The Bertz CT molecular complexity index is 922. The number of hydrogen-bond donors (Lipinski definition) is 1. The Labute approximate surface area is 150 Å². The van der Waals surface area contributed by atoms with E-state index in [4.69, 9.17) is 9.47 Å².